The molecule has 116 valence electrons. The van der Waals surface area contributed by atoms with E-state index < -0.39 is 0 Å². The Hall–Kier alpha value is -0.560. The summed E-state index contributed by atoms with van der Waals surface area (Å²) in [5, 5.41) is 0. The number of hydrogen-bond acceptors (Lipinski definition) is 1. The summed E-state index contributed by atoms with van der Waals surface area (Å²) < 4.78 is 6.06. The number of hydrogen-bond donors (Lipinski definition) is 0. The normalized spacial score (nSPS) is 22.6. The molecule has 1 unspecified atom stereocenters. The lowest BCUT2D eigenvalue weighted by Crippen LogP contribution is -2.34. The standard InChI is InChI=1S/C19H34O/c1-5-8-12-17-13-11-16-19(20-4,15-10-7-3)18(17)14-9-6-2/h11,16H,5-10,12-15H2,1-4H3. The van der Waals surface area contributed by atoms with Gasteiger partial charge in [-0.1, -0.05) is 64.2 Å². The lowest BCUT2D eigenvalue weighted by atomic mass is 9.77. The van der Waals surface area contributed by atoms with Gasteiger partial charge in [0.25, 0.3) is 0 Å². The first-order valence-electron chi connectivity index (χ1n) is 8.68. The molecular formula is C19H34O. The lowest BCUT2D eigenvalue weighted by molar-refractivity contribution is 0.0485. The van der Waals surface area contributed by atoms with E-state index in [1.807, 2.05) is 7.11 Å². The molecule has 1 heteroatoms. The van der Waals surface area contributed by atoms with Gasteiger partial charge in [0.2, 0.25) is 0 Å². The quantitative estimate of drug-likeness (QED) is 0.432. The van der Waals surface area contributed by atoms with Crippen molar-refractivity contribution in [2.24, 2.45) is 0 Å². The lowest BCUT2D eigenvalue weighted by Gasteiger charge is -2.37. The van der Waals surface area contributed by atoms with Gasteiger partial charge in [-0.25, -0.2) is 0 Å². The van der Waals surface area contributed by atoms with Crippen LogP contribution in [0.3, 0.4) is 0 Å². The summed E-state index contributed by atoms with van der Waals surface area (Å²) in [7, 11) is 1.90. The van der Waals surface area contributed by atoms with Crippen molar-refractivity contribution in [3.63, 3.8) is 0 Å². The van der Waals surface area contributed by atoms with Crippen LogP contribution in [0.15, 0.2) is 23.3 Å². The SMILES string of the molecule is CCCCC1=C(CCCC)C(CCCC)(OC)C=CC1. The molecule has 1 aliphatic rings. The molecule has 0 aromatic carbocycles. The number of unbranched alkanes of at least 4 members (excludes halogenated alkanes) is 3. The second-order valence-electron chi connectivity index (χ2n) is 6.09. The number of ether oxygens (including phenoxy) is 1. The van der Waals surface area contributed by atoms with Gasteiger partial charge in [-0.2, -0.15) is 0 Å². The van der Waals surface area contributed by atoms with Crippen molar-refractivity contribution in [2.45, 2.75) is 90.6 Å². The van der Waals surface area contributed by atoms with Crippen LogP contribution >= 0.6 is 0 Å². The zero-order chi connectivity index (χ0) is 14.8. The van der Waals surface area contributed by atoms with Gasteiger partial charge in [0, 0.05) is 7.11 Å². The molecule has 0 heterocycles. The van der Waals surface area contributed by atoms with E-state index in [9.17, 15) is 0 Å². The van der Waals surface area contributed by atoms with Crippen LogP contribution in [0.25, 0.3) is 0 Å². The van der Waals surface area contributed by atoms with E-state index in [0.717, 1.165) is 12.8 Å². The first-order valence-corrected chi connectivity index (χ1v) is 8.68. The highest BCUT2D eigenvalue weighted by molar-refractivity contribution is 5.36. The van der Waals surface area contributed by atoms with E-state index in [0.29, 0.717) is 0 Å². The molecule has 0 fully saturated rings. The molecular weight excluding hydrogens is 244 g/mol. The zero-order valence-corrected chi connectivity index (χ0v) is 14.1. The molecule has 1 nitrogen and oxygen atoms in total. The molecule has 0 amide bonds. The molecule has 0 saturated heterocycles. The van der Waals surface area contributed by atoms with Gasteiger partial charge in [0.15, 0.2) is 0 Å². The molecule has 1 rings (SSSR count). The predicted molar refractivity (Wildman–Crippen MR) is 89.1 cm³/mol. The number of methoxy groups -OCH3 is 1. The highest BCUT2D eigenvalue weighted by Crippen LogP contribution is 2.40. The summed E-state index contributed by atoms with van der Waals surface area (Å²) in [6, 6.07) is 0. The van der Waals surface area contributed by atoms with Crippen LogP contribution in [0.1, 0.15) is 85.0 Å². The summed E-state index contributed by atoms with van der Waals surface area (Å²) in [5.41, 5.74) is 3.19. The summed E-state index contributed by atoms with van der Waals surface area (Å²) in [5.74, 6) is 0. The monoisotopic (exact) mass is 278 g/mol. The summed E-state index contributed by atoms with van der Waals surface area (Å²) in [4.78, 5) is 0. The van der Waals surface area contributed by atoms with Gasteiger partial charge in [-0.3, -0.25) is 0 Å². The summed E-state index contributed by atoms with van der Waals surface area (Å²) >= 11 is 0. The third-order valence-corrected chi connectivity index (χ3v) is 4.57. The minimum Gasteiger partial charge on any atom is -0.370 e. The fourth-order valence-corrected chi connectivity index (χ4v) is 3.27. The smallest absolute Gasteiger partial charge is 0.107 e. The topological polar surface area (TPSA) is 9.23 Å². The third kappa shape index (κ3) is 4.48. The predicted octanol–water partition coefficient (Wildman–Crippen LogP) is 6.20. The van der Waals surface area contributed by atoms with Gasteiger partial charge >= 0.3 is 0 Å². The minimum absolute atomic E-state index is 0.0908. The molecule has 0 aliphatic heterocycles. The largest absolute Gasteiger partial charge is 0.370 e. The van der Waals surface area contributed by atoms with Gasteiger partial charge in [0.1, 0.15) is 5.60 Å². The van der Waals surface area contributed by atoms with Gasteiger partial charge in [0.05, 0.1) is 0 Å². The van der Waals surface area contributed by atoms with E-state index in [1.165, 1.54) is 51.4 Å². The Morgan fingerprint density at radius 1 is 1.00 bits per heavy atom. The fourth-order valence-electron chi connectivity index (χ4n) is 3.27. The van der Waals surface area contributed by atoms with E-state index in [1.54, 1.807) is 11.1 Å². The van der Waals surface area contributed by atoms with Crippen molar-refractivity contribution >= 4 is 0 Å². The summed E-state index contributed by atoms with van der Waals surface area (Å²) in [6.07, 6.45) is 17.1. The Balaban J connectivity index is 2.99. The molecule has 0 saturated carbocycles. The van der Waals surface area contributed by atoms with Crippen molar-refractivity contribution < 1.29 is 4.74 Å². The van der Waals surface area contributed by atoms with E-state index in [-0.39, 0.29) is 5.60 Å². The first kappa shape index (κ1) is 17.5. The van der Waals surface area contributed by atoms with E-state index >= 15 is 0 Å². The van der Waals surface area contributed by atoms with Crippen molar-refractivity contribution in [3.8, 4) is 0 Å². The van der Waals surface area contributed by atoms with Gasteiger partial charge in [-0.15, -0.1) is 0 Å². The Bertz CT molecular complexity index is 327. The Morgan fingerprint density at radius 3 is 2.25 bits per heavy atom. The maximum Gasteiger partial charge on any atom is 0.107 e. The first-order chi connectivity index (χ1) is 9.74. The Morgan fingerprint density at radius 2 is 1.65 bits per heavy atom. The Kier molecular flexibility index (Phi) is 8.21. The van der Waals surface area contributed by atoms with E-state index in [2.05, 4.69) is 32.9 Å². The highest BCUT2D eigenvalue weighted by Gasteiger charge is 2.34. The highest BCUT2D eigenvalue weighted by atomic mass is 16.5. The van der Waals surface area contributed by atoms with Crippen LogP contribution in [0.4, 0.5) is 0 Å². The molecule has 1 atom stereocenters. The minimum atomic E-state index is -0.0908. The van der Waals surface area contributed by atoms with Crippen molar-refractivity contribution in [2.75, 3.05) is 7.11 Å². The molecule has 0 spiro atoms. The van der Waals surface area contributed by atoms with Crippen LogP contribution < -0.4 is 0 Å². The number of rotatable bonds is 10. The average Bonchev–Trinajstić information content (AvgIpc) is 2.49. The Labute approximate surface area is 126 Å². The second-order valence-corrected chi connectivity index (χ2v) is 6.09. The molecule has 0 aromatic heterocycles. The van der Waals surface area contributed by atoms with Crippen molar-refractivity contribution in [3.05, 3.63) is 23.3 Å². The molecule has 0 N–H and O–H groups in total. The average molecular weight is 278 g/mol. The van der Waals surface area contributed by atoms with E-state index in [4.69, 9.17) is 4.74 Å². The zero-order valence-electron chi connectivity index (χ0n) is 14.1. The summed E-state index contributed by atoms with van der Waals surface area (Å²) in [6.45, 7) is 6.83. The fraction of sp³-hybridized carbons (Fsp3) is 0.789. The van der Waals surface area contributed by atoms with Crippen LogP contribution in [-0.2, 0) is 4.74 Å². The molecule has 20 heavy (non-hydrogen) atoms. The van der Waals surface area contributed by atoms with Crippen LogP contribution in [0.2, 0.25) is 0 Å². The maximum absolute atomic E-state index is 6.06. The van der Waals surface area contributed by atoms with Gasteiger partial charge < -0.3 is 4.74 Å². The second kappa shape index (κ2) is 9.39. The molecule has 0 radical (unpaired) electrons. The molecule has 1 aliphatic carbocycles. The van der Waals surface area contributed by atoms with Crippen LogP contribution in [0.5, 0.6) is 0 Å². The van der Waals surface area contributed by atoms with Crippen molar-refractivity contribution in [1.82, 2.24) is 0 Å². The third-order valence-electron chi connectivity index (χ3n) is 4.57. The van der Waals surface area contributed by atoms with Crippen LogP contribution in [-0.4, -0.2) is 12.7 Å². The van der Waals surface area contributed by atoms with Crippen molar-refractivity contribution in [1.29, 1.82) is 0 Å². The molecule has 0 bridgehead atoms. The van der Waals surface area contributed by atoms with Crippen LogP contribution in [0, 0.1) is 0 Å². The maximum atomic E-state index is 6.06. The van der Waals surface area contributed by atoms with Gasteiger partial charge in [-0.05, 0) is 44.1 Å². The molecule has 0 aromatic rings. The number of allylic oxidation sites excluding steroid dienone is 2.